The lowest BCUT2D eigenvalue weighted by Crippen LogP contribution is -2.40. The monoisotopic (exact) mass is 509 g/mol. The summed E-state index contributed by atoms with van der Waals surface area (Å²) in [5, 5.41) is 1.90. The van der Waals surface area contributed by atoms with Crippen LogP contribution in [0.3, 0.4) is 0 Å². The van der Waals surface area contributed by atoms with Gasteiger partial charge in [-0.2, -0.15) is 0 Å². The molecule has 0 bridgehead atoms. The fraction of sp³-hybridized carbons (Fsp3) is 0.280. The molecular weight excluding hydrogens is 486 g/mol. The van der Waals surface area contributed by atoms with Gasteiger partial charge in [0.2, 0.25) is 0 Å². The molecule has 8 nitrogen and oxygen atoms in total. The lowest BCUT2D eigenvalue weighted by molar-refractivity contribution is -0.140. The Bertz CT molecular complexity index is 1530. The molecule has 0 spiro atoms. The molecular formula is C25H23N3O5S2. The Morgan fingerprint density at radius 2 is 1.94 bits per heavy atom. The zero-order chi connectivity index (χ0) is 24.7. The number of allylic oxidation sites excluding steroid dienone is 1. The minimum absolute atomic E-state index is 0.0932. The first-order valence-corrected chi connectivity index (χ1v) is 12.8. The summed E-state index contributed by atoms with van der Waals surface area (Å²) in [4.78, 5) is 47.9. The van der Waals surface area contributed by atoms with Gasteiger partial charge in [-0.1, -0.05) is 35.6 Å². The van der Waals surface area contributed by atoms with E-state index in [1.807, 2.05) is 48.7 Å². The molecule has 5 rings (SSSR count). The maximum atomic E-state index is 13.9. The van der Waals surface area contributed by atoms with Crippen LogP contribution in [0.5, 0.6) is 0 Å². The molecule has 0 saturated heterocycles. The first kappa shape index (κ1) is 23.4. The maximum Gasteiger partial charge on any atom is 0.338 e. The van der Waals surface area contributed by atoms with Crippen molar-refractivity contribution in [2.45, 2.75) is 19.9 Å². The Labute approximate surface area is 209 Å². The number of carbonyl (C=O) groups excluding carboxylic acids is 2. The highest BCUT2D eigenvalue weighted by atomic mass is 32.1. The highest BCUT2D eigenvalue weighted by Crippen LogP contribution is 2.36. The topological polar surface area (TPSA) is 90.2 Å². The van der Waals surface area contributed by atoms with Crippen LogP contribution in [0.1, 0.15) is 30.3 Å². The van der Waals surface area contributed by atoms with Crippen LogP contribution < -0.4 is 19.8 Å². The predicted molar refractivity (Wildman–Crippen MR) is 134 cm³/mol. The molecule has 2 aliphatic rings. The number of thiazole rings is 1. The van der Waals surface area contributed by atoms with Crippen molar-refractivity contribution in [2.75, 3.05) is 31.8 Å². The van der Waals surface area contributed by atoms with E-state index >= 15 is 0 Å². The van der Waals surface area contributed by atoms with E-state index in [0.717, 1.165) is 16.1 Å². The van der Waals surface area contributed by atoms with Gasteiger partial charge in [0, 0.05) is 24.1 Å². The number of carbonyl (C=O) groups is 2. The minimum atomic E-state index is -0.690. The number of esters is 1. The van der Waals surface area contributed by atoms with Gasteiger partial charge < -0.3 is 14.4 Å². The molecule has 2 aromatic heterocycles. The van der Waals surface area contributed by atoms with Crippen molar-refractivity contribution in [3.63, 3.8) is 0 Å². The van der Waals surface area contributed by atoms with E-state index in [1.54, 1.807) is 11.8 Å². The summed E-state index contributed by atoms with van der Waals surface area (Å²) in [5.74, 6) is -0.749. The first-order chi connectivity index (χ1) is 17.0. The third-order valence-corrected chi connectivity index (χ3v) is 8.00. The molecule has 1 atom stereocenters. The lowest BCUT2D eigenvalue weighted by atomic mass is 10.0. The maximum absolute atomic E-state index is 13.9. The zero-order valence-electron chi connectivity index (χ0n) is 19.4. The predicted octanol–water partition coefficient (Wildman–Crippen LogP) is 2.22. The number of likely N-dealkylation sites (N-methyl/N-ethyl adjacent to an activating group) is 1. The van der Waals surface area contributed by atoms with Crippen LogP contribution in [0, 0.1) is 0 Å². The van der Waals surface area contributed by atoms with Gasteiger partial charge in [-0.25, -0.2) is 9.79 Å². The molecule has 0 aliphatic carbocycles. The Hall–Kier alpha value is -3.34. The summed E-state index contributed by atoms with van der Waals surface area (Å²) in [7, 11) is 1.53. The molecule has 0 saturated carbocycles. The Morgan fingerprint density at radius 1 is 1.14 bits per heavy atom. The number of amides is 1. The van der Waals surface area contributed by atoms with Crippen LogP contribution in [-0.4, -0.2) is 43.3 Å². The van der Waals surface area contributed by atoms with E-state index in [9.17, 15) is 14.4 Å². The Balaban J connectivity index is 1.74. The molecule has 180 valence electrons. The summed E-state index contributed by atoms with van der Waals surface area (Å²) in [6.45, 7) is 4.49. The number of aromatic nitrogens is 1. The number of benzene rings is 1. The lowest BCUT2D eigenvalue weighted by Gasteiger charge is -2.23. The number of methoxy groups -OCH3 is 1. The van der Waals surface area contributed by atoms with Gasteiger partial charge in [0.25, 0.3) is 11.5 Å². The third kappa shape index (κ3) is 3.78. The molecule has 0 N–H and O–H groups in total. The van der Waals surface area contributed by atoms with Crippen LogP contribution in [0.2, 0.25) is 0 Å². The summed E-state index contributed by atoms with van der Waals surface area (Å²) in [6.07, 6.45) is 0. The molecule has 10 heteroatoms. The molecule has 35 heavy (non-hydrogen) atoms. The van der Waals surface area contributed by atoms with Crippen molar-refractivity contribution in [1.82, 2.24) is 4.57 Å². The van der Waals surface area contributed by atoms with Crippen LogP contribution in [0.4, 0.5) is 5.69 Å². The van der Waals surface area contributed by atoms with Crippen molar-refractivity contribution < 1.29 is 19.1 Å². The van der Waals surface area contributed by atoms with E-state index in [0.29, 0.717) is 32.7 Å². The number of hydrogen-bond acceptors (Lipinski definition) is 8. The SMILES string of the molecule is CCN1C(=O)C(=c2sc3n(c2=O)C(c2cccs2)C(C(=O)OCCOC)=C(C)N=3)c2ccccc21. The fourth-order valence-corrected chi connectivity index (χ4v) is 6.42. The van der Waals surface area contributed by atoms with Crippen molar-refractivity contribution in [2.24, 2.45) is 4.99 Å². The highest BCUT2D eigenvalue weighted by molar-refractivity contribution is 7.10. The molecule has 0 fully saturated rings. The van der Waals surface area contributed by atoms with Crippen LogP contribution >= 0.6 is 22.7 Å². The van der Waals surface area contributed by atoms with Gasteiger partial charge in [0.15, 0.2) is 4.80 Å². The quantitative estimate of drug-likeness (QED) is 0.376. The van der Waals surface area contributed by atoms with Gasteiger partial charge in [-0.05, 0) is 31.4 Å². The molecule has 1 amide bonds. The van der Waals surface area contributed by atoms with Gasteiger partial charge in [0.05, 0.1) is 29.1 Å². The van der Waals surface area contributed by atoms with E-state index < -0.39 is 12.0 Å². The molecule has 0 radical (unpaired) electrons. The zero-order valence-corrected chi connectivity index (χ0v) is 21.1. The second kappa shape index (κ2) is 9.37. The van der Waals surface area contributed by atoms with Crippen molar-refractivity contribution >= 4 is 45.8 Å². The van der Waals surface area contributed by atoms with Crippen molar-refractivity contribution in [3.8, 4) is 0 Å². The molecule has 1 unspecified atom stereocenters. The smallest absolute Gasteiger partial charge is 0.338 e. The van der Waals surface area contributed by atoms with E-state index in [2.05, 4.69) is 4.99 Å². The largest absolute Gasteiger partial charge is 0.460 e. The van der Waals surface area contributed by atoms with Gasteiger partial charge in [-0.3, -0.25) is 14.2 Å². The standard InChI is InChI=1S/C25H23N3O5S2/c1-4-27-16-9-6-5-8-15(16)19(22(27)29)21-23(30)28-20(17-10-7-13-34-17)18(14(2)26-25(28)35-21)24(31)33-12-11-32-3/h5-10,13,20H,4,11-12H2,1-3H3. The van der Waals surface area contributed by atoms with Gasteiger partial charge >= 0.3 is 5.97 Å². The number of nitrogens with zero attached hydrogens (tertiary/aromatic N) is 3. The van der Waals surface area contributed by atoms with Crippen LogP contribution in [0.15, 0.2) is 62.8 Å². The number of para-hydroxylation sites is 1. The molecule has 2 aliphatic heterocycles. The van der Waals surface area contributed by atoms with E-state index in [4.69, 9.17) is 9.47 Å². The first-order valence-electron chi connectivity index (χ1n) is 11.1. The second-order valence-electron chi connectivity index (χ2n) is 7.99. The summed E-state index contributed by atoms with van der Waals surface area (Å²) < 4.78 is 12.2. The number of ether oxygens (including phenoxy) is 2. The summed E-state index contributed by atoms with van der Waals surface area (Å²) in [5.41, 5.74) is 2.33. The van der Waals surface area contributed by atoms with Crippen LogP contribution in [-0.2, 0) is 19.1 Å². The van der Waals surface area contributed by atoms with Gasteiger partial charge in [-0.15, -0.1) is 11.3 Å². The number of thiophene rings is 1. The fourth-order valence-electron chi connectivity index (χ4n) is 4.46. The second-order valence-corrected chi connectivity index (χ2v) is 9.94. The van der Waals surface area contributed by atoms with Gasteiger partial charge in [0.1, 0.15) is 17.2 Å². The average Bonchev–Trinajstić information content (AvgIpc) is 3.55. The molecule has 4 heterocycles. The summed E-state index contributed by atoms with van der Waals surface area (Å²) in [6, 6.07) is 10.5. The normalized spacial score (nSPS) is 18.4. The van der Waals surface area contributed by atoms with Crippen molar-refractivity contribution in [1.29, 1.82) is 0 Å². The molecule has 3 aromatic rings. The number of hydrogen-bond donors (Lipinski definition) is 0. The Morgan fingerprint density at radius 3 is 2.66 bits per heavy atom. The highest BCUT2D eigenvalue weighted by Gasteiger charge is 2.37. The number of anilines is 1. The number of fused-ring (bicyclic) bond motifs is 2. The summed E-state index contributed by atoms with van der Waals surface area (Å²) >= 11 is 2.62. The van der Waals surface area contributed by atoms with Crippen molar-refractivity contribution in [3.05, 3.63) is 83.2 Å². The minimum Gasteiger partial charge on any atom is -0.460 e. The number of rotatable bonds is 6. The van der Waals surface area contributed by atoms with Crippen LogP contribution in [0.25, 0.3) is 5.57 Å². The van der Waals surface area contributed by atoms with E-state index in [1.165, 1.54) is 34.4 Å². The Kier molecular flexibility index (Phi) is 6.26. The molecule has 1 aromatic carbocycles. The average molecular weight is 510 g/mol. The third-order valence-electron chi connectivity index (χ3n) is 6.02. The van der Waals surface area contributed by atoms with E-state index in [-0.39, 0.29) is 24.7 Å².